The van der Waals surface area contributed by atoms with E-state index in [1.165, 1.54) is 0 Å². The summed E-state index contributed by atoms with van der Waals surface area (Å²) < 4.78 is 5.58. The van der Waals surface area contributed by atoms with Crippen molar-refractivity contribution in [1.82, 2.24) is 5.32 Å². The van der Waals surface area contributed by atoms with Crippen molar-refractivity contribution in [3.8, 4) is 5.75 Å². The van der Waals surface area contributed by atoms with Crippen LogP contribution in [0.4, 0.5) is 0 Å². The Balaban J connectivity index is 2.37. The quantitative estimate of drug-likeness (QED) is 0.774. The molecule has 0 unspecified atom stereocenters. The summed E-state index contributed by atoms with van der Waals surface area (Å²) in [5.41, 5.74) is 1.15. The van der Waals surface area contributed by atoms with Crippen LogP contribution in [0.3, 0.4) is 0 Å². The molecule has 2 N–H and O–H groups in total. The van der Waals surface area contributed by atoms with Gasteiger partial charge < -0.3 is 15.2 Å². The summed E-state index contributed by atoms with van der Waals surface area (Å²) >= 11 is 0. The molecule has 1 aromatic rings. The fraction of sp³-hybridized carbons (Fsp3) is 0.588. The molecule has 4 nitrogen and oxygen atoms in total. The third-order valence-electron chi connectivity index (χ3n) is 3.42. The normalized spacial score (nSPS) is 13.8. The van der Waals surface area contributed by atoms with Gasteiger partial charge in [-0.15, -0.1) is 0 Å². The summed E-state index contributed by atoms with van der Waals surface area (Å²) in [4.78, 5) is 11.8. The van der Waals surface area contributed by atoms with Crippen LogP contribution >= 0.6 is 0 Å². The summed E-state index contributed by atoms with van der Waals surface area (Å²) in [5, 5.41) is 12.5. The Bertz CT molecular complexity index is 428. The lowest BCUT2D eigenvalue weighted by atomic mass is 10.0. The molecule has 0 aliphatic heterocycles. The van der Waals surface area contributed by atoms with Gasteiger partial charge in [0.25, 0.3) is 0 Å². The van der Waals surface area contributed by atoms with Crippen molar-refractivity contribution in [1.29, 1.82) is 0 Å². The second-order valence-electron chi connectivity index (χ2n) is 5.62. The van der Waals surface area contributed by atoms with Crippen LogP contribution in [0.25, 0.3) is 0 Å². The number of hydrogen-bond acceptors (Lipinski definition) is 3. The number of carbonyl (C=O) groups excluding carboxylic acids is 1. The van der Waals surface area contributed by atoms with E-state index in [1.54, 1.807) is 6.92 Å². The number of aliphatic hydroxyl groups excluding tert-OH is 1. The molecule has 0 saturated heterocycles. The molecule has 0 radical (unpaired) electrons. The zero-order valence-electron chi connectivity index (χ0n) is 13.4. The smallest absolute Gasteiger partial charge is 0.225 e. The van der Waals surface area contributed by atoms with Gasteiger partial charge in [-0.05, 0) is 44.4 Å². The summed E-state index contributed by atoms with van der Waals surface area (Å²) in [5.74, 6) is 0.401. The van der Waals surface area contributed by atoms with Crippen LogP contribution in [0.15, 0.2) is 24.3 Å². The number of aliphatic hydroxyl groups is 1. The molecule has 118 valence electrons. The lowest BCUT2D eigenvalue weighted by Crippen LogP contribution is -2.36. The minimum Gasteiger partial charge on any atom is -0.491 e. The number of benzene rings is 1. The van der Waals surface area contributed by atoms with E-state index in [4.69, 9.17) is 4.74 Å². The molecule has 0 spiro atoms. The van der Waals surface area contributed by atoms with E-state index in [1.807, 2.05) is 45.0 Å². The van der Waals surface area contributed by atoms with Crippen LogP contribution in [0.5, 0.6) is 5.75 Å². The second-order valence-corrected chi connectivity index (χ2v) is 5.62. The molecule has 4 heteroatoms. The molecule has 0 aliphatic carbocycles. The Kier molecular flexibility index (Phi) is 7.23. The van der Waals surface area contributed by atoms with Gasteiger partial charge in [-0.1, -0.05) is 26.0 Å². The highest BCUT2D eigenvalue weighted by molar-refractivity contribution is 5.78. The van der Waals surface area contributed by atoms with Crippen LogP contribution in [0.2, 0.25) is 0 Å². The van der Waals surface area contributed by atoms with Gasteiger partial charge in [-0.25, -0.2) is 0 Å². The number of nitrogens with one attached hydrogen (secondary N) is 1. The molecule has 0 bridgehead atoms. The molecule has 0 aliphatic rings. The maximum atomic E-state index is 11.8. The van der Waals surface area contributed by atoms with Crippen LogP contribution in [-0.2, 0) is 11.2 Å². The summed E-state index contributed by atoms with van der Waals surface area (Å²) in [6.45, 7) is 8.19. The third-order valence-corrected chi connectivity index (χ3v) is 3.42. The molecular weight excluding hydrogens is 266 g/mol. The fourth-order valence-electron chi connectivity index (χ4n) is 2.03. The molecule has 2 atom stereocenters. The number of rotatable bonds is 8. The molecule has 0 fully saturated rings. The van der Waals surface area contributed by atoms with Crippen LogP contribution in [0, 0.1) is 5.92 Å². The van der Waals surface area contributed by atoms with Gasteiger partial charge in [-0.3, -0.25) is 4.79 Å². The minimum absolute atomic E-state index is 0.0934. The molecule has 1 rings (SSSR count). The summed E-state index contributed by atoms with van der Waals surface area (Å²) in [6, 6.07) is 7.91. The average molecular weight is 293 g/mol. The van der Waals surface area contributed by atoms with Crippen molar-refractivity contribution in [2.45, 2.75) is 52.7 Å². The standard InChI is InChI=1S/C17H27NO3/c1-5-16(19)13(4)17(20)18-11-10-14-6-8-15(9-7-14)21-12(2)3/h6-9,12-13,16,19H,5,10-11H2,1-4H3,(H,18,20)/t13-,16-/m0/s1. The Morgan fingerprint density at radius 2 is 1.86 bits per heavy atom. The molecule has 1 aromatic carbocycles. The van der Waals surface area contributed by atoms with Gasteiger partial charge in [-0.2, -0.15) is 0 Å². The average Bonchev–Trinajstić information content (AvgIpc) is 2.46. The first-order chi connectivity index (χ1) is 9.93. The Morgan fingerprint density at radius 3 is 2.38 bits per heavy atom. The zero-order chi connectivity index (χ0) is 15.8. The minimum atomic E-state index is -0.572. The Morgan fingerprint density at radius 1 is 1.24 bits per heavy atom. The molecule has 0 saturated carbocycles. The fourth-order valence-corrected chi connectivity index (χ4v) is 2.03. The van der Waals surface area contributed by atoms with Crippen LogP contribution < -0.4 is 10.1 Å². The van der Waals surface area contributed by atoms with Crippen molar-refractivity contribution >= 4 is 5.91 Å². The summed E-state index contributed by atoms with van der Waals surface area (Å²) in [6.07, 6.45) is 0.952. The van der Waals surface area contributed by atoms with E-state index in [2.05, 4.69) is 5.32 Å². The van der Waals surface area contributed by atoms with Gasteiger partial charge in [0.15, 0.2) is 0 Å². The first-order valence-electron chi connectivity index (χ1n) is 7.65. The largest absolute Gasteiger partial charge is 0.491 e. The number of amides is 1. The Hall–Kier alpha value is -1.55. The first kappa shape index (κ1) is 17.5. The first-order valence-corrected chi connectivity index (χ1v) is 7.65. The molecule has 0 aromatic heterocycles. The van der Waals surface area contributed by atoms with Gasteiger partial charge in [0.05, 0.1) is 18.1 Å². The van der Waals surface area contributed by atoms with Crippen molar-refractivity contribution in [3.05, 3.63) is 29.8 Å². The van der Waals surface area contributed by atoms with E-state index in [-0.39, 0.29) is 17.9 Å². The molecular formula is C17H27NO3. The van der Waals surface area contributed by atoms with Gasteiger partial charge in [0.1, 0.15) is 5.75 Å². The highest BCUT2D eigenvalue weighted by Crippen LogP contribution is 2.14. The van der Waals surface area contributed by atoms with Gasteiger partial charge >= 0.3 is 0 Å². The van der Waals surface area contributed by atoms with E-state index in [0.29, 0.717) is 13.0 Å². The maximum absolute atomic E-state index is 11.8. The van der Waals surface area contributed by atoms with E-state index in [9.17, 15) is 9.90 Å². The Labute approximate surface area is 127 Å². The topological polar surface area (TPSA) is 58.6 Å². The zero-order valence-corrected chi connectivity index (χ0v) is 13.4. The van der Waals surface area contributed by atoms with Crippen LogP contribution in [-0.4, -0.2) is 29.8 Å². The SMILES string of the molecule is CC[C@H](O)[C@H](C)C(=O)NCCc1ccc(OC(C)C)cc1. The lowest BCUT2D eigenvalue weighted by Gasteiger charge is -2.16. The molecule has 21 heavy (non-hydrogen) atoms. The van der Waals surface area contributed by atoms with E-state index in [0.717, 1.165) is 17.7 Å². The van der Waals surface area contributed by atoms with Gasteiger partial charge in [0.2, 0.25) is 5.91 Å². The number of hydrogen-bond donors (Lipinski definition) is 2. The highest BCUT2D eigenvalue weighted by atomic mass is 16.5. The van der Waals surface area contributed by atoms with E-state index >= 15 is 0 Å². The number of ether oxygens (including phenoxy) is 1. The van der Waals surface area contributed by atoms with Crippen molar-refractivity contribution in [2.75, 3.05) is 6.54 Å². The summed E-state index contributed by atoms with van der Waals surface area (Å²) in [7, 11) is 0. The molecule has 1 amide bonds. The van der Waals surface area contributed by atoms with E-state index < -0.39 is 6.10 Å². The van der Waals surface area contributed by atoms with Crippen molar-refractivity contribution in [2.24, 2.45) is 5.92 Å². The monoisotopic (exact) mass is 293 g/mol. The highest BCUT2D eigenvalue weighted by Gasteiger charge is 2.19. The van der Waals surface area contributed by atoms with Crippen molar-refractivity contribution in [3.63, 3.8) is 0 Å². The predicted octanol–water partition coefficient (Wildman–Crippen LogP) is 2.54. The second kappa shape index (κ2) is 8.67. The lowest BCUT2D eigenvalue weighted by molar-refractivity contribution is -0.127. The van der Waals surface area contributed by atoms with Crippen molar-refractivity contribution < 1.29 is 14.6 Å². The maximum Gasteiger partial charge on any atom is 0.225 e. The third kappa shape index (κ3) is 6.17. The van der Waals surface area contributed by atoms with Gasteiger partial charge in [0, 0.05) is 6.54 Å². The predicted molar refractivity (Wildman–Crippen MR) is 84.4 cm³/mol. The number of carbonyl (C=O) groups is 1. The van der Waals surface area contributed by atoms with Crippen LogP contribution in [0.1, 0.15) is 39.7 Å². The molecule has 0 heterocycles.